The first-order valence-electron chi connectivity index (χ1n) is 8.53. The van der Waals surface area contributed by atoms with Gasteiger partial charge in [-0.05, 0) is 31.4 Å². The molecule has 0 atom stereocenters. The number of para-hydroxylation sites is 2. The van der Waals surface area contributed by atoms with E-state index in [9.17, 15) is 15.2 Å². The number of nitrogens with zero attached hydrogens (tertiary/aromatic N) is 3. The van der Waals surface area contributed by atoms with Gasteiger partial charge in [0.15, 0.2) is 11.5 Å². The molecule has 1 aliphatic rings. The van der Waals surface area contributed by atoms with E-state index in [0.29, 0.717) is 0 Å². The number of piperidine rings is 1. The quantitative estimate of drug-likeness (QED) is 0.496. The minimum atomic E-state index is -0.527. The van der Waals surface area contributed by atoms with Gasteiger partial charge in [0.25, 0.3) is 5.69 Å². The molecule has 2 aromatic carbocycles. The lowest BCUT2D eigenvalue weighted by Gasteiger charge is -2.29. The van der Waals surface area contributed by atoms with Crippen LogP contribution in [0.5, 0.6) is 11.5 Å². The predicted molar refractivity (Wildman–Crippen MR) is 101 cm³/mol. The van der Waals surface area contributed by atoms with Gasteiger partial charge in [-0.15, -0.1) is 0 Å². The molecule has 7 nitrogen and oxygen atoms in total. The van der Waals surface area contributed by atoms with E-state index in [1.54, 1.807) is 0 Å². The number of anilines is 1. The summed E-state index contributed by atoms with van der Waals surface area (Å²) >= 11 is 0. The van der Waals surface area contributed by atoms with Crippen molar-refractivity contribution in [1.29, 1.82) is 0 Å². The molecule has 3 rings (SSSR count). The lowest BCUT2D eigenvalue weighted by atomic mass is 10.1. The van der Waals surface area contributed by atoms with Gasteiger partial charge < -0.3 is 14.7 Å². The Morgan fingerprint density at radius 1 is 1.23 bits per heavy atom. The SMILES string of the molecule is COc1cc([N+](=O)[O-])cc(C=Nc2ccccc2N2CCCCC2)c1O. The maximum atomic E-state index is 11.1. The van der Waals surface area contributed by atoms with Crippen LogP contribution in [0.25, 0.3) is 0 Å². The molecule has 1 N–H and O–H groups in total. The van der Waals surface area contributed by atoms with Crippen molar-refractivity contribution in [3.8, 4) is 11.5 Å². The normalized spacial score (nSPS) is 14.6. The highest BCUT2D eigenvalue weighted by atomic mass is 16.6. The van der Waals surface area contributed by atoms with E-state index < -0.39 is 4.92 Å². The van der Waals surface area contributed by atoms with Crippen molar-refractivity contribution < 1.29 is 14.8 Å². The third kappa shape index (κ3) is 3.77. The number of aliphatic imine (C=N–C) groups is 1. The van der Waals surface area contributed by atoms with Crippen molar-refractivity contribution in [3.05, 3.63) is 52.1 Å². The van der Waals surface area contributed by atoms with Crippen LogP contribution >= 0.6 is 0 Å². The molecule has 26 heavy (non-hydrogen) atoms. The second-order valence-electron chi connectivity index (χ2n) is 6.14. The van der Waals surface area contributed by atoms with Gasteiger partial charge >= 0.3 is 0 Å². The maximum absolute atomic E-state index is 11.1. The molecule has 0 unspecified atom stereocenters. The zero-order valence-corrected chi connectivity index (χ0v) is 14.6. The highest BCUT2D eigenvalue weighted by Gasteiger charge is 2.17. The first-order chi connectivity index (χ1) is 12.6. The Morgan fingerprint density at radius 3 is 2.65 bits per heavy atom. The summed E-state index contributed by atoms with van der Waals surface area (Å²) in [5.74, 6) is -0.123. The fourth-order valence-electron chi connectivity index (χ4n) is 3.09. The maximum Gasteiger partial charge on any atom is 0.274 e. The number of ether oxygens (including phenoxy) is 1. The number of hydrogen-bond acceptors (Lipinski definition) is 6. The third-order valence-corrected chi connectivity index (χ3v) is 4.44. The highest BCUT2D eigenvalue weighted by molar-refractivity contribution is 5.89. The Balaban J connectivity index is 1.95. The van der Waals surface area contributed by atoms with E-state index in [1.165, 1.54) is 31.9 Å². The molecular formula is C19H21N3O4. The van der Waals surface area contributed by atoms with Crippen LogP contribution in [-0.2, 0) is 0 Å². The lowest BCUT2D eigenvalue weighted by molar-refractivity contribution is -0.385. The largest absolute Gasteiger partial charge is 0.504 e. The van der Waals surface area contributed by atoms with Gasteiger partial charge in [-0.3, -0.25) is 15.1 Å². The van der Waals surface area contributed by atoms with Crippen LogP contribution in [0.4, 0.5) is 17.1 Å². The third-order valence-electron chi connectivity index (χ3n) is 4.44. The molecule has 136 valence electrons. The molecule has 0 aromatic heterocycles. The van der Waals surface area contributed by atoms with Crippen molar-refractivity contribution >= 4 is 23.3 Å². The Hall–Kier alpha value is -3.09. The van der Waals surface area contributed by atoms with Crippen molar-refractivity contribution in [2.24, 2.45) is 4.99 Å². The molecule has 7 heteroatoms. The minimum Gasteiger partial charge on any atom is -0.504 e. The summed E-state index contributed by atoms with van der Waals surface area (Å²) in [7, 11) is 1.35. The number of nitro benzene ring substituents is 1. The summed E-state index contributed by atoms with van der Waals surface area (Å²) in [5.41, 5.74) is 1.87. The Labute approximate surface area is 151 Å². The smallest absolute Gasteiger partial charge is 0.274 e. The molecule has 1 saturated heterocycles. The number of benzene rings is 2. The number of phenols is 1. The zero-order valence-electron chi connectivity index (χ0n) is 14.6. The monoisotopic (exact) mass is 355 g/mol. The number of hydrogen-bond donors (Lipinski definition) is 1. The van der Waals surface area contributed by atoms with E-state index in [2.05, 4.69) is 9.89 Å². The molecular weight excluding hydrogens is 334 g/mol. The second kappa shape index (κ2) is 7.86. The lowest BCUT2D eigenvalue weighted by Crippen LogP contribution is -2.29. The Morgan fingerprint density at radius 2 is 1.96 bits per heavy atom. The van der Waals surface area contributed by atoms with Crippen molar-refractivity contribution in [1.82, 2.24) is 0 Å². The van der Waals surface area contributed by atoms with Gasteiger partial charge in [0.2, 0.25) is 0 Å². The van der Waals surface area contributed by atoms with Gasteiger partial charge in [0, 0.05) is 30.9 Å². The van der Waals surface area contributed by atoms with Crippen LogP contribution in [0, 0.1) is 10.1 Å². The molecule has 0 bridgehead atoms. The number of non-ortho nitro benzene ring substituents is 1. The molecule has 1 heterocycles. The predicted octanol–water partition coefficient (Wildman–Crippen LogP) is 4.05. The fraction of sp³-hybridized carbons (Fsp3) is 0.316. The molecule has 0 spiro atoms. The van der Waals surface area contributed by atoms with E-state index >= 15 is 0 Å². The summed E-state index contributed by atoms with van der Waals surface area (Å²) in [6, 6.07) is 10.3. The van der Waals surface area contributed by atoms with Crippen LogP contribution in [0.1, 0.15) is 24.8 Å². The number of phenolic OH excluding ortho intramolecular Hbond substituents is 1. The molecule has 0 aliphatic carbocycles. The average molecular weight is 355 g/mol. The van der Waals surface area contributed by atoms with Gasteiger partial charge in [-0.25, -0.2) is 0 Å². The summed E-state index contributed by atoms with van der Waals surface area (Å²) in [4.78, 5) is 17.3. The van der Waals surface area contributed by atoms with Crippen LogP contribution in [0.3, 0.4) is 0 Å². The molecule has 2 aromatic rings. The van der Waals surface area contributed by atoms with E-state index in [4.69, 9.17) is 4.74 Å². The number of methoxy groups -OCH3 is 1. The average Bonchev–Trinajstić information content (AvgIpc) is 2.68. The van der Waals surface area contributed by atoms with Crippen molar-refractivity contribution in [2.45, 2.75) is 19.3 Å². The standard InChI is InChI=1S/C19H21N3O4/c1-26-18-12-15(22(24)25)11-14(19(18)23)13-20-16-7-3-4-8-17(16)21-9-5-2-6-10-21/h3-4,7-8,11-13,23H,2,5-6,9-10H2,1H3. The number of rotatable bonds is 5. The Kier molecular flexibility index (Phi) is 5.36. The fourth-order valence-corrected chi connectivity index (χ4v) is 3.09. The topological polar surface area (TPSA) is 88.2 Å². The molecule has 0 amide bonds. The first-order valence-corrected chi connectivity index (χ1v) is 8.53. The van der Waals surface area contributed by atoms with E-state index in [0.717, 1.165) is 37.3 Å². The number of nitro groups is 1. The second-order valence-corrected chi connectivity index (χ2v) is 6.14. The Bertz CT molecular complexity index is 830. The van der Waals surface area contributed by atoms with Crippen LogP contribution in [0.15, 0.2) is 41.4 Å². The molecule has 0 radical (unpaired) electrons. The minimum absolute atomic E-state index is 0.0463. The van der Waals surface area contributed by atoms with Gasteiger partial charge in [-0.2, -0.15) is 0 Å². The number of aromatic hydroxyl groups is 1. The van der Waals surface area contributed by atoms with E-state index in [-0.39, 0.29) is 22.7 Å². The van der Waals surface area contributed by atoms with Crippen LogP contribution < -0.4 is 9.64 Å². The van der Waals surface area contributed by atoms with Crippen molar-refractivity contribution in [2.75, 3.05) is 25.1 Å². The zero-order chi connectivity index (χ0) is 18.5. The van der Waals surface area contributed by atoms with Crippen LogP contribution in [-0.4, -0.2) is 36.4 Å². The summed E-state index contributed by atoms with van der Waals surface area (Å²) in [5, 5.41) is 21.3. The molecule has 0 saturated carbocycles. The van der Waals surface area contributed by atoms with Gasteiger partial charge in [0.1, 0.15) is 0 Å². The van der Waals surface area contributed by atoms with Gasteiger partial charge in [0.05, 0.1) is 29.5 Å². The summed E-state index contributed by atoms with van der Waals surface area (Å²) in [6.45, 7) is 1.98. The summed E-state index contributed by atoms with van der Waals surface area (Å²) < 4.78 is 5.02. The highest BCUT2D eigenvalue weighted by Crippen LogP contribution is 2.35. The van der Waals surface area contributed by atoms with E-state index in [1.807, 2.05) is 24.3 Å². The van der Waals surface area contributed by atoms with Crippen molar-refractivity contribution in [3.63, 3.8) is 0 Å². The molecule has 1 fully saturated rings. The molecule has 1 aliphatic heterocycles. The van der Waals surface area contributed by atoms with Crippen LogP contribution in [0.2, 0.25) is 0 Å². The first kappa shape index (κ1) is 17.7. The van der Waals surface area contributed by atoms with Gasteiger partial charge in [-0.1, -0.05) is 12.1 Å². The summed E-state index contributed by atoms with van der Waals surface area (Å²) in [6.07, 6.45) is 4.98.